The number of guanidine groups is 1. The van der Waals surface area contributed by atoms with Gasteiger partial charge in [-0.2, -0.15) is 0 Å². The third kappa shape index (κ3) is 6.24. The van der Waals surface area contributed by atoms with Crippen LogP contribution in [-0.2, 0) is 17.9 Å². The van der Waals surface area contributed by atoms with Gasteiger partial charge in [-0.25, -0.2) is 0 Å². The highest BCUT2D eigenvalue weighted by Crippen LogP contribution is 2.24. The molecule has 1 aromatic heterocycles. The number of hydrogen-bond donors (Lipinski definition) is 2. The summed E-state index contributed by atoms with van der Waals surface area (Å²) in [5.74, 6) is 0.874. The molecule has 1 fully saturated rings. The minimum Gasteiger partial charge on any atom is -0.374 e. The van der Waals surface area contributed by atoms with Crippen LogP contribution in [0.3, 0.4) is 0 Å². The van der Waals surface area contributed by atoms with Crippen LogP contribution < -0.4 is 15.5 Å². The quantitative estimate of drug-likeness (QED) is 0.545. The molecule has 28 heavy (non-hydrogen) atoms. The molecule has 1 saturated heterocycles. The van der Waals surface area contributed by atoms with Crippen LogP contribution in [0.5, 0.6) is 0 Å². The number of ether oxygens (including phenoxy) is 1. The molecule has 3 rings (SSSR count). The van der Waals surface area contributed by atoms with Gasteiger partial charge in [0.25, 0.3) is 0 Å². The third-order valence-electron chi connectivity index (χ3n) is 4.91. The first-order valence-electron chi connectivity index (χ1n) is 10.1. The predicted octanol–water partition coefficient (Wildman–Crippen LogP) is 4.01. The molecule has 0 atom stereocenters. The Morgan fingerprint density at radius 3 is 2.68 bits per heavy atom. The van der Waals surface area contributed by atoms with Crippen molar-refractivity contribution in [2.75, 3.05) is 25.0 Å². The first-order chi connectivity index (χ1) is 13.6. The van der Waals surface area contributed by atoms with Crippen LogP contribution >= 0.6 is 11.3 Å². The first kappa shape index (κ1) is 20.7. The van der Waals surface area contributed by atoms with Gasteiger partial charge in [0.1, 0.15) is 0 Å². The van der Waals surface area contributed by atoms with E-state index in [4.69, 9.17) is 4.74 Å². The summed E-state index contributed by atoms with van der Waals surface area (Å²) in [6.07, 6.45) is 2.50. The van der Waals surface area contributed by atoms with E-state index in [-0.39, 0.29) is 6.10 Å². The average Bonchev–Trinajstić information content (AvgIpc) is 3.25. The number of thiophene rings is 1. The highest BCUT2D eigenvalue weighted by molar-refractivity contribution is 7.14. The van der Waals surface area contributed by atoms with E-state index in [0.717, 1.165) is 38.4 Å². The number of rotatable bonds is 7. The highest BCUT2D eigenvalue weighted by Gasteiger charge is 2.20. The van der Waals surface area contributed by atoms with Crippen LogP contribution in [-0.4, -0.2) is 38.2 Å². The zero-order valence-corrected chi connectivity index (χ0v) is 18.0. The number of nitrogens with zero attached hydrogens (tertiary/aromatic N) is 2. The molecule has 1 aliphatic rings. The summed E-state index contributed by atoms with van der Waals surface area (Å²) in [6.45, 7) is 7.71. The van der Waals surface area contributed by atoms with Crippen molar-refractivity contribution in [2.24, 2.45) is 4.99 Å². The fourth-order valence-electron chi connectivity index (χ4n) is 3.36. The van der Waals surface area contributed by atoms with Gasteiger partial charge >= 0.3 is 0 Å². The number of piperidine rings is 1. The topological polar surface area (TPSA) is 48.9 Å². The third-order valence-corrected chi connectivity index (χ3v) is 5.84. The molecule has 0 spiro atoms. The Bertz CT molecular complexity index is 737. The van der Waals surface area contributed by atoms with E-state index >= 15 is 0 Å². The van der Waals surface area contributed by atoms with Gasteiger partial charge in [0.15, 0.2) is 5.96 Å². The Morgan fingerprint density at radius 1 is 1.21 bits per heavy atom. The Balaban J connectivity index is 1.44. The monoisotopic (exact) mass is 400 g/mol. The Hall–Kier alpha value is -2.05. The van der Waals surface area contributed by atoms with E-state index in [0.29, 0.717) is 12.6 Å². The average molecular weight is 401 g/mol. The minimum atomic E-state index is 0.246. The summed E-state index contributed by atoms with van der Waals surface area (Å²) in [5.41, 5.74) is 2.44. The van der Waals surface area contributed by atoms with Crippen LogP contribution in [0.15, 0.2) is 46.8 Å². The lowest BCUT2D eigenvalue weighted by Crippen LogP contribution is -2.48. The molecule has 0 bridgehead atoms. The van der Waals surface area contributed by atoms with E-state index in [1.165, 1.54) is 16.1 Å². The summed E-state index contributed by atoms with van der Waals surface area (Å²) in [5, 5.41) is 10.6. The van der Waals surface area contributed by atoms with Gasteiger partial charge < -0.3 is 20.3 Å². The SMILES string of the molecule is CN=C(NCc1cccc(COC(C)C)c1)NC1CCN(c2cccs2)CC1. The van der Waals surface area contributed by atoms with Gasteiger partial charge in [-0.1, -0.05) is 24.3 Å². The van der Waals surface area contributed by atoms with Gasteiger partial charge in [-0.3, -0.25) is 4.99 Å². The molecular weight excluding hydrogens is 368 g/mol. The maximum Gasteiger partial charge on any atom is 0.191 e. The van der Waals surface area contributed by atoms with Crippen LogP contribution in [0.4, 0.5) is 5.00 Å². The number of hydrogen-bond acceptors (Lipinski definition) is 4. The molecule has 0 amide bonds. The molecule has 1 aliphatic heterocycles. The fourth-order valence-corrected chi connectivity index (χ4v) is 4.15. The standard InChI is InChI=1S/C22H32N4OS/c1-17(2)27-16-19-7-4-6-18(14-19)15-24-22(23-3)25-20-9-11-26(12-10-20)21-8-5-13-28-21/h4-8,13-14,17,20H,9-12,15-16H2,1-3H3,(H2,23,24,25). The Morgan fingerprint density at radius 2 is 2.00 bits per heavy atom. The Labute approximate surface area is 172 Å². The Kier molecular flexibility index (Phi) is 7.74. The molecule has 2 N–H and O–H groups in total. The summed E-state index contributed by atoms with van der Waals surface area (Å²) in [6, 6.07) is 13.3. The van der Waals surface area contributed by atoms with Crippen molar-refractivity contribution in [3.63, 3.8) is 0 Å². The number of benzene rings is 1. The zero-order valence-electron chi connectivity index (χ0n) is 17.1. The van der Waals surface area contributed by atoms with Crippen molar-refractivity contribution < 1.29 is 4.74 Å². The second-order valence-electron chi connectivity index (χ2n) is 7.46. The second-order valence-corrected chi connectivity index (χ2v) is 8.39. The normalized spacial score (nSPS) is 15.9. The van der Waals surface area contributed by atoms with Gasteiger partial charge in [-0.05, 0) is 55.3 Å². The molecule has 0 radical (unpaired) electrons. The van der Waals surface area contributed by atoms with Gasteiger partial charge in [0, 0.05) is 32.7 Å². The smallest absolute Gasteiger partial charge is 0.191 e. The molecule has 5 nitrogen and oxygen atoms in total. The van der Waals surface area contributed by atoms with E-state index in [9.17, 15) is 0 Å². The van der Waals surface area contributed by atoms with E-state index in [2.05, 4.69) is 76.2 Å². The lowest BCUT2D eigenvalue weighted by Gasteiger charge is -2.33. The van der Waals surface area contributed by atoms with Crippen molar-refractivity contribution in [1.29, 1.82) is 0 Å². The van der Waals surface area contributed by atoms with Crippen LogP contribution in [0.2, 0.25) is 0 Å². The van der Waals surface area contributed by atoms with Crippen molar-refractivity contribution >= 4 is 22.3 Å². The van der Waals surface area contributed by atoms with Gasteiger partial charge in [0.2, 0.25) is 0 Å². The highest BCUT2D eigenvalue weighted by atomic mass is 32.1. The zero-order chi connectivity index (χ0) is 19.8. The van der Waals surface area contributed by atoms with E-state index < -0.39 is 0 Å². The molecule has 0 saturated carbocycles. The predicted molar refractivity (Wildman–Crippen MR) is 119 cm³/mol. The van der Waals surface area contributed by atoms with E-state index in [1.807, 2.05) is 18.4 Å². The molecular formula is C22H32N4OS. The van der Waals surface area contributed by atoms with Crippen LogP contribution in [0.25, 0.3) is 0 Å². The summed E-state index contributed by atoms with van der Waals surface area (Å²) in [4.78, 5) is 6.88. The van der Waals surface area contributed by atoms with Crippen molar-refractivity contribution in [3.05, 3.63) is 52.9 Å². The summed E-state index contributed by atoms with van der Waals surface area (Å²) >= 11 is 1.82. The second kappa shape index (κ2) is 10.5. The van der Waals surface area contributed by atoms with E-state index in [1.54, 1.807) is 0 Å². The number of anilines is 1. The molecule has 1 aromatic carbocycles. The molecule has 2 heterocycles. The van der Waals surface area contributed by atoms with Crippen molar-refractivity contribution in [3.8, 4) is 0 Å². The summed E-state index contributed by atoms with van der Waals surface area (Å²) in [7, 11) is 1.84. The minimum absolute atomic E-state index is 0.246. The molecule has 152 valence electrons. The van der Waals surface area contributed by atoms with Gasteiger partial charge in [-0.15, -0.1) is 11.3 Å². The number of nitrogens with one attached hydrogen (secondary N) is 2. The maximum atomic E-state index is 5.71. The van der Waals surface area contributed by atoms with Crippen molar-refractivity contribution in [1.82, 2.24) is 10.6 Å². The lowest BCUT2D eigenvalue weighted by molar-refractivity contribution is 0.0657. The molecule has 6 heteroatoms. The molecule has 0 aliphatic carbocycles. The summed E-state index contributed by atoms with van der Waals surface area (Å²) < 4.78 is 5.71. The van der Waals surface area contributed by atoms with Crippen LogP contribution in [0.1, 0.15) is 37.8 Å². The largest absolute Gasteiger partial charge is 0.374 e. The molecule has 0 unspecified atom stereocenters. The maximum absolute atomic E-state index is 5.71. The first-order valence-corrected chi connectivity index (χ1v) is 11.0. The van der Waals surface area contributed by atoms with Crippen molar-refractivity contribution in [2.45, 2.75) is 52.0 Å². The molecule has 2 aromatic rings. The fraction of sp³-hybridized carbons (Fsp3) is 0.500. The van der Waals surface area contributed by atoms with Crippen LogP contribution in [0, 0.1) is 0 Å². The van der Waals surface area contributed by atoms with Gasteiger partial charge in [0.05, 0.1) is 17.7 Å². The lowest BCUT2D eigenvalue weighted by atomic mass is 10.1. The number of aliphatic imine (C=N–C) groups is 1.